The second-order valence-electron chi connectivity index (χ2n) is 8.39. The van der Waals surface area contributed by atoms with E-state index in [1.54, 1.807) is 24.3 Å². The third kappa shape index (κ3) is 11.2. The lowest BCUT2D eigenvalue weighted by molar-refractivity contribution is 0.123. The molecule has 2 rings (SSSR count). The van der Waals surface area contributed by atoms with Crippen LogP contribution in [-0.2, 0) is 9.09 Å². The molecule has 0 aliphatic rings. The Morgan fingerprint density at radius 1 is 0.625 bits per heavy atom. The summed E-state index contributed by atoms with van der Waals surface area (Å²) in [5.41, 5.74) is 0. The Labute approximate surface area is 195 Å². The Kier molecular flexibility index (Phi) is 13.2. The second-order valence-corrected chi connectivity index (χ2v) is 9.86. The molecule has 0 radical (unpaired) electrons. The molecule has 5 heteroatoms. The van der Waals surface area contributed by atoms with Gasteiger partial charge in [0.15, 0.2) is 0 Å². The summed E-state index contributed by atoms with van der Waals surface area (Å²) < 4.78 is 31.6. The largest absolute Gasteiger partial charge is 0.587 e. The summed E-state index contributed by atoms with van der Waals surface area (Å²) in [4.78, 5) is 0. The fourth-order valence-corrected chi connectivity index (χ4v) is 5.13. The van der Waals surface area contributed by atoms with Crippen molar-refractivity contribution in [3.05, 3.63) is 60.7 Å². The highest BCUT2D eigenvalue weighted by Gasteiger charge is 2.34. The highest BCUT2D eigenvalue weighted by Crippen LogP contribution is 2.51. The van der Waals surface area contributed by atoms with Gasteiger partial charge in [0.25, 0.3) is 0 Å². The topological polar surface area (TPSA) is 44.8 Å². The predicted molar refractivity (Wildman–Crippen MR) is 133 cm³/mol. The first-order chi connectivity index (χ1) is 15.6. The van der Waals surface area contributed by atoms with Gasteiger partial charge in [-0.2, -0.15) is 0 Å². The lowest BCUT2D eigenvalue weighted by atomic mass is 10.0. The van der Waals surface area contributed by atoms with E-state index in [0.29, 0.717) is 11.5 Å². The monoisotopic (exact) mass is 460 g/mol. The lowest BCUT2D eigenvalue weighted by Crippen LogP contribution is -2.16. The van der Waals surface area contributed by atoms with Crippen LogP contribution >= 0.6 is 7.82 Å². The van der Waals surface area contributed by atoms with E-state index in [4.69, 9.17) is 13.6 Å². The molecule has 0 unspecified atom stereocenters. The molecule has 2 aromatic rings. The number of hydrogen-bond donors (Lipinski definition) is 0. The molecule has 0 aromatic heterocycles. The Balaban J connectivity index is 2.07. The number of phosphoric acid groups is 1. The van der Waals surface area contributed by atoms with Crippen LogP contribution in [0.25, 0.3) is 0 Å². The lowest BCUT2D eigenvalue weighted by Gasteiger charge is -2.24. The summed E-state index contributed by atoms with van der Waals surface area (Å²) in [5.74, 6) is 0.966. The van der Waals surface area contributed by atoms with Crippen molar-refractivity contribution in [3.63, 3.8) is 0 Å². The van der Waals surface area contributed by atoms with Crippen LogP contribution in [0.2, 0.25) is 0 Å². The maximum absolute atomic E-state index is 13.8. The Morgan fingerprint density at radius 3 is 1.44 bits per heavy atom. The molecule has 2 aromatic carbocycles. The molecule has 0 saturated carbocycles. The first-order valence-corrected chi connectivity index (χ1v) is 13.9. The average Bonchev–Trinajstić information content (AvgIpc) is 2.79. The molecule has 0 amide bonds. The van der Waals surface area contributed by atoms with Crippen molar-refractivity contribution in [2.45, 2.75) is 97.0 Å². The van der Waals surface area contributed by atoms with E-state index in [1.807, 2.05) is 36.4 Å². The summed E-state index contributed by atoms with van der Waals surface area (Å²) in [7, 11) is -3.84. The minimum absolute atomic E-state index is 0.142. The van der Waals surface area contributed by atoms with Crippen LogP contribution in [0.15, 0.2) is 60.7 Å². The molecule has 0 fully saturated rings. The standard InChI is InChI=1S/C27H41O4P/c1-3-5-7-9-13-19-25(20-14-10-8-6-4-2)29-32(28,30-26-21-15-11-16-22-26)31-27-23-17-12-18-24-27/h11-12,15-18,21-25H,3-10,13-14,19-20H2,1-2H3. The molecule has 0 atom stereocenters. The molecule has 0 saturated heterocycles. The maximum Gasteiger partial charge on any atom is 0.587 e. The predicted octanol–water partition coefficient (Wildman–Crippen LogP) is 9.36. The van der Waals surface area contributed by atoms with Gasteiger partial charge >= 0.3 is 7.82 Å². The van der Waals surface area contributed by atoms with Gasteiger partial charge in [0, 0.05) is 0 Å². The van der Waals surface area contributed by atoms with Crippen molar-refractivity contribution in [1.29, 1.82) is 0 Å². The zero-order chi connectivity index (χ0) is 22.9. The van der Waals surface area contributed by atoms with E-state index in [2.05, 4.69) is 13.8 Å². The summed E-state index contributed by atoms with van der Waals surface area (Å²) in [6.45, 7) is 4.45. The van der Waals surface area contributed by atoms with Crippen molar-refractivity contribution < 1.29 is 18.1 Å². The van der Waals surface area contributed by atoms with Gasteiger partial charge in [-0.05, 0) is 37.1 Å². The SMILES string of the molecule is CCCCCCCC(CCCCCCC)OP(=O)(Oc1ccccc1)Oc1ccccc1. The summed E-state index contributed by atoms with van der Waals surface area (Å²) >= 11 is 0. The first kappa shape index (κ1) is 26.5. The van der Waals surface area contributed by atoms with E-state index in [9.17, 15) is 4.57 Å². The zero-order valence-electron chi connectivity index (χ0n) is 19.9. The third-order valence-electron chi connectivity index (χ3n) is 5.46. The second kappa shape index (κ2) is 15.9. The highest BCUT2D eigenvalue weighted by atomic mass is 31.2. The van der Waals surface area contributed by atoms with Crippen molar-refractivity contribution in [3.8, 4) is 11.5 Å². The van der Waals surface area contributed by atoms with Gasteiger partial charge in [-0.1, -0.05) is 114 Å². The molecule has 0 aliphatic carbocycles. The Hall–Kier alpha value is -1.77. The molecule has 0 spiro atoms. The van der Waals surface area contributed by atoms with Gasteiger partial charge in [0.05, 0.1) is 6.10 Å². The van der Waals surface area contributed by atoms with E-state index < -0.39 is 7.82 Å². The fraction of sp³-hybridized carbons (Fsp3) is 0.556. The molecule has 32 heavy (non-hydrogen) atoms. The summed E-state index contributed by atoms with van der Waals surface area (Å²) in [5, 5.41) is 0. The Morgan fingerprint density at radius 2 is 1.03 bits per heavy atom. The van der Waals surface area contributed by atoms with Crippen LogP contribution in [0, 0.1) is 0 Å². The summed E-state index contributed by atoms with van der Waals surface area (Å²) in [6.07, 6.45) is 13.5. The van der Waals surface area contributed by atoms with Crippen molar-refractivity contribution in [2.75, 3.05) is 0 Å². The van der Waals surface area contributed by atoms with Gasteiger partial charge in [-0.15, -0.1) is 0 Å². The fourth-order valence-electron chi connectivity index (χ4n) is 3.67. The van der Waals surface area contributed by atoms with E-state index >= 15 is 0 Å². The van der Waals surface area contributed by atoms with Crippen LogP contribution in [0.4, 0.5) is 0 Å². The quantitative estimate of drug-likeness (QED) is 0.164. The van der Waals surface area contributed by atoms with Crippen LogP contribution in [-0.4, -0.2) is 6.10 Å². The van der Waals surface area contributed by atoms with Crippen LogP contribution < -0.4 is 9.05 Å². The van der Waals surface area contributed by atoms with Crippen molar-refractivity contribution >= 4 is 7.82 Å². The molecule has 0 aliphatic heterocycles. The molecular formula is C27H41O4P. The van der Waals surface area contributed by atoms with Crippen LogP contribution in [0.5, 0.6) is 11.5 Å². The van der Waals surface area contributed by atoms with Crippen LogP contribution in [0.1, 0.15) is 90.9 Å². The number of para-hydroxylation sites is 2. The van der Waals surface area contributed by atoms with E-state index in [-0.39, 0.29) is 6.10 Å². The number of phosphoric ester groups is 1. The summed E-state index contributed by atoms with van der Waals surface area (Å²) in [6, 6.07) is 18.3. The van der Waals surface area contributed by atoms with E-state index in [0.717, 1.165) is 25.7 Å². The highest BCUT2D eigenvalue weighted by molar-refractivity contribution is 7.49. The number of unbranched alkanes of at least 4 members (excludes halogenated alkanes) is 8. The van der Waals surface area contributed by atoms with Gasteiger partial charge in [-0.3, -0.25) is 4.52 Å². The Bertz CT molecular complexity index is 691. The molecule has 178 valence electrons. The molecular weight excluding hydrogens is 419 g/mol. The normalized spacial score (nSPS) is 11.6. The van der Waals surface area contributed by atoms with Gasteiger partial charge in [0.2, 0.25) is 0 Å². The molecule has 0 bridgehead atoms. The third-order valence-corrected chi connectivity index (χ3v) is 6.88. The zero-order valence-corrected chi connectivity index (χ0v) is 20.8. The number of rotatable bonds is 18. The minimum Gasteiger partial charge on any atom is -0.395 e. The number of benzene rings is 2. The van der Waals surface area contributed by atoms with Gasteiger partial charge in [0.1, 0.15) is 11.5 Å². The average molecular weight is 461 g/mol. The van der Waals surface area contributed by atoms with Gasteiger partial charge < -0.3 is 9.05 Å². The minimum atomic E-state index is -3.84. The smallest absolute Gasteiger partial charge is 0.395 e. The van der Waals surface area contributed by atoms with Crippen molar-refractivity contribution in [2.24, 2.45) is 0 Å². The van der Waals surface area contributed by atoms with Crippen molar-refractivity contribution in [1.82, 2.24) is 0 Å². The first-order valence-electron chi connectivity index (χ1n) is 12.4. The molecule has 0 heterocycles. The van der Waals surface area contributed by atoms with Gasteiger partial charge in [-0.25, -0.2) is 4.57 Å². The van der Waals surface area contributed by atoms with E-state index in [1.165, 1.54) is 51.4 Å². The number of hydrogen-bond acceptors (Lipinski definition) is 4. The maximum atomic E-state index is 13.8. The molecule has 0 N–H and O–H groups in total. The van der Waals surface area contributed by atoms with Crippen LogP contribution in [0.3, 0.4) is 0 Å². The molecule has 4 nitrogen and oxygen atoms in total.